The van der Waals surface area contributed by atoms with Crippen molar-refractivity contribution >= 4 is 39.3 Å². The van der Waals surface area contributed by atoms with Crippen LogP contribution in [0.25, 0.3) is 0 Å². The van der Waals surface area contributed by atoms with Gasteiger partial charge < -0.3 is 11.1 Å². The molecular formula is C15H12BrClN2O2. The molecule has 0 saturated heterocycles. The Kier molecular flexibility index (Phi) is 4.98. The van der Waals surface area contributed by atoms with Crippen LogP contribution in [0.1, 0.15) is 26.3 Å². The van der Waals surface area contributed by atoms with Crippen molar-refractivity contribution < 1.29 is 9.59 Å². The van der Waals surface area contributed by atoms with Gasteiger partial charge in [-0.25, -0.2) is 0 Å². The summed E-state index contributed by atoms with van der Waals surface area (Å²) in [5, 5.41) is 3.33. The lowest BCUT2D eigenvalue weighted by atomic mass is 10.1. The summed E-state index contributed by atoms with van der Waals surface area (Å²) in [6.07, 6.45) is 0. The summed E-state index contributed by atoms with van der Waals surface area (Å²) < 4.78 is 0.624. The first-order valence-corrected chi connectivity index (χ1v) is 7.26. The molecule has 0 radical (unpaired) electrons. The lowest BCUT2D eigenvalue weighted by Crippen LogP contribution is -2.23. The zero-order chi connectivity index (χ0) is 15.4. The van der Waals surface area contributed by atoms with Crippen molar-refractivity contribution in [1.29, 1.82) is 0 Å². The predicted molar refractivity (Wildman–Crippen MR) is 85.3 cm³/mol. The van der Waals surface area contributed by atoms with Crippen LogP contribution in [0.2, 0.25) is 5.02 Å². The Bertz CT molecular complexity index is 704. The third-order valence-corrected chi connectivity index (χ3v) is 3.73. The van der Waals surface area contributed by atoms with Crippen molar-refractivity contribution in [1.82, 2.24) is 5.32 Å². The summed E-state index contributed by atoms with van der Waals surface area (Å²) >= 11 is 9.13. The van der Waals surface area contributed by atoms with Gasteiger partial charge in [0.1, 0.15) is 0 Å². The van der Waals surface area contributed by atoms with Crippen LogP contribution in [0.4, 0.5) is 0 Å². The molecule has 4 nitrogen and oxygen atoms in total. The molecule has 2 rings (SSSR count). The Balaban J connectivity index is 2.07. The molecule has 0 atom stereocenters. The van der Waals surface area contributed by atoms with Gasteiger partial charge in [-0.1, -0.05) is 23.7 Å². The number of rotatable bonds is 4. The van der Waals surface area contributed by atoms with Gasteiger partial charge in [-0.15, -0.1) is 0 Å². The van der Waals surface area contributed by atoms with Crippen LogP contribution in [-0.4, -0.2) is 11.8 Å². The Morgan fingerprint density at radius 1 is 1.19 bits per heavy atom. The van der Waals surface area contributed by atoms with Gasteiger partial charge in [0.2, 0.25) is 5.91 Å². The van der Waals surface area contributed by atoms with E-state index >= 15 is 0 Å². The maximum atomic E-state index is 12.1. The number of nitrogens with two attached hydrogens (primary N) is 1. The number of carbonyl (C=O) groups is 2. The summed E-state index contributed by atoms with van der Waals surface area (Å²) in [6.45, 7) is 0.301. The molecule has 0 heterocycles. The van der Waals surface area contributed by atoms with Gasteiger partial charge >= 0.3 is 0 Å². The van der Waals surface area contributed by atoms with Crippen molar-refractivity contribution in [2.45, 2.75) is 6.54 Å². The molecule has 21 heavy (non-hydrogen) atoms. The number of benzene rings is 2. The Morgan fingerprint density at radius 2 is 1.95 bits per heavy atom. The Labute approximate surface area is 135 Å². The maximum absolute atomic E-state index is 12.1. The minimum atomic E-state index is -0.497. The standard InChI is InChI=1S/C15H12BrClN2O2/c16-13-7-11(17)4-5-12(13)15(21)19-8-9-2-1-3-10(6-9)14(18)20/h1-7H,8H2,(H2,18,20)(H,19,21). The molecule has 108 valence electrons. The van der Waals surface area contributed by atoms with Crippen molar-refractivity contribution in [2.75, 3.05) is 0 Å². The summed E-state index contributed by atoms with van der Waals surface area (Å²) in [7, 11) is 0. The first-order valence-electron chi connectivity index (χ1n) is 6.09. The third kappa shape index (κ3) is 4.06. The van der Waals surface area contributed by atoms with E-state index in [4.69, 9.17) is 17.3 Å². The highest BCUT2D eigenvalue weighted by atomic mass is 79.9. The zero-order valence-corrected chi connectivity index (χ0v) is 13.2. The summed E-state index contributed by atoms with van der Waals surface area (Å²) in [6, 6.07) is 11.8. The average Bonchev–Trinajstić information content (AvgIpc) is 2.45. The topological polar surface area (TPSA) is 72.2 Å². The molecule has 2 amide bonds. The molecule has 0 spiro atoms. The minimum Gasteiger partial charge on any atom is -0.366 e. The van der Waals surface area contributed by atoms with E-state index in [0.717, 1.165) is 5.56 Å². The lowest BCUT2D eigenvalue weighted by Gasteiger charge is -2.08. The van der Waals surface area contributed by atoms with Crippen LogP contribution in [0, 0.1) is 0 Å². The van der Waals surface area contributed by atoms with Gasteiger partial charge in [0.25, 0.3) is 5.91 Å². The lowest BCUT2D eigenvalue weighted by molar-refractivity contribution is 0.0949. The van der Waals surface area contributed by atoms with Gasteiger partial charge in [-0.3, -0.25) is 9.59 Å². The van der Waals surface area contributed by atoms with E-state index in [1.54, 1.807) is 36.4 Å². The Hall–Kier alpha value is -1.85. The Morgan fingerprint density at radius 3 is 2.62 bits per heavy atom. The second-order valence-electron chi connectivity index (χ2n) is 4.37. The number of carbonyl (C=O) groups excluding carboxylic acids is 2. The van der Waals surface area contributed by atoms with E-state index in [1.165, 1.54) is 0 Å². The molecule has 0 fully saturated rings. The van der Waals surface area contributed by atoms with Gasteiger partial charge in [0.05, 0.1) is 5.56 Å². The van der Waals surface area contributed by atoms with Crippen LogP contribution >= 0.6 is 27.5 Å². The second-order valence-corrected chi connectivity index (χ2v) is 5.66. The molecule has 3 N–H and O–H groups in total. The molecule has 0 aromatic heterocycles. The fraction of sp³-hybridized carbons (Fsp3) is 0.0667. The summed E-state index contributed by atoms with van der Waals surface area (Å²) in [4.78, 5) is 23.2. The molecule has 6 heteroatoms. The molecule has 2 aromatic carbocycles. The quantitative estimate of drug-likeness (QED) is 0.871. The summed E-state index contributed by atoms with van der Waals surface area (Å²) in [5.74, 6) is -0.730. The first kappa shape index (κ1) is 15.5. The normalized spacial score (nSPS) is 10.2. The van der Waals surface area contributed by atoms with Crippen molar-refractivity contribution in [3.8, 4) is 0 Å². The van der Waals surface area contributed by atoms with E-state index in [1.807, 2.05) is 6.07 Å². The number of hydrogen-bond acceptors (Lipinski definition) is 2. The number of primary amides is 1. The highest BCUT2D eigenvalue weighted by Gasteiger charge is 2.10. The average molecular weight is 368 g/mol. The summed E-state index contributed by atoms with van der Waals surface area (Å²) in [5.41, 5.74) is 6.92. The molecule has 0 aliphatic heterocycles. The fourth-order valence-corrected chi connectivity index (χ4v) is 2.65. The van der Waals surface area contributed by atoms with E-state index in [-0.39, 0.29) is 5.91 Å². The van der Waals surface area contributed by atoms with Crippen LogP contribution < -0.4 is 11.1 Å². The van der Waals surface area contributed by atoms with E-state index in [2.05, 4.69) is 21.2 Å². The number of nitrogens with one attached hydrogen (secondary N) is 1. The molecule has 2 aromatic rings. The van der Waals surface area contributed by atoms with E-state index < -0.39 is 5.91 Å². The van der Waals surface area contributed by atoms with E-state index in [9.17, 15) is 9.59 Å². The first-order chi connectivity index (χ1) is 9.97. The maximum Gasteiger partial charge on any atom is 0.252 e. The van der Waals surface area contributed by atoms with Crippen molar-refractivity contribution in [3.63, 3.8) is 0 Å². The third-order valence-electron chi connectivity index (χ3n) is 2.84. The van der Waals surface area contributed by atoms with Gasteiger partial charge in [0.15, 0.2) is 0 Å². The molecule has 0 saturated carbocycles. The number of amides is 2. The highest BCUT2D eigenvalue weighted by Crippen LogP contribution is 2.21. The predicted octanol–water partition coefficient (Wildman–Crippen LogP) is 3.13. The minimum absolute atomic E-state index is 0.233. The van der Waals surface area contributed by atoms with Crippen molar-refractivity contribution in [2.24, 2.45) is 5.73 Å². The number of halogens is 2. The monoisotopic (exact) mass is 366 g/mol. The molecule has 0 aliphatic rings. The van der Waals surface area contributed by atoms with Crippen LogP contribution in [0.15, 0.2) is 46.9 Å². The van der Waals surface area contributed by atoms with Crippen LogP contribution in [-0.2, 0) is 6.54 Å². The zero-order valence-electron chi connectivity index (χ0n) is 10.9. The molecule has 0 unspecified atom stereocenters. The fourth-order valence-electron chi connectivity index (χ4n) is 1.79. The number of hydrogen-bond donors (Lipinski definition) is 2. The van der Waals surface area contributed by atoms with E-state index in [0.29, 0.717) is 27.2 Å². The smallest absolute Gasteiger partial charge is 0.252 e. The van der Waals surface area contributed by atoms with Crippen LogP contribution in [0.3, 0.4) is 0 Å². The SMILES string of the molecule is NC(=O)c1cccc(CNC(=O)c2ccc(Cl)cc2Br)c1. The molecular weight excluding hydrogens is 356 g/mol. The van der Waals surface area contributed by atoms with Crippen LogP contribution in [0.5, 0.6) is 0 Å². The van der Waals surface area contributed by atoms with Gasteiger partial charge in [-0.05, 0) is 51.8 Å². The largest absolute Gasteiger partial charge is 0.366 e. The van der Waals surface area contributed by atoms with Crippen molar-refractivity contribution in [3.05, 3.63) is 68.7 Å². The van der Waals surface area contributed by atoms with Gasteiger partial charge in [-0.2, -0.15) is 0 Å². The highest BCUT2D eigenvalue weighted by molar-refractivity contribution is 9.10. The molecule has 0 aliphatic carbocycles. The van der Waals surface area contributed by atoms with Gasteiger partial charge in [0, 0.05) is 21.6 Å². The second kappa shape index (κ2) is 6.74. The molecule has 0 bridgehead atoms.